The zero-order chi connectivity index (χ0) is 27.3. The average molecular weight is 527 g/mol. The quantitative estimate of drug-likeness (QED) is 0.238. The Bertz CT molecular complexity index is 1500. The molecule has 0 radical (unpaired) electrons. The molecule has 1 atom stereocenters. The molecule has 1 heterocycles. The zero-order valence-corrected chi connectivity index (χ0v) is 19.8. The van der Waals surface area contributed by atoms with Crippen molar-refractivity contribution in [1.82, 2.24) is 5.32 Å². The van der Waals surface area contributed by atoms with E-state index in [4.69, 9.17) is 18.6 Å². The van der Waals surface area contributed by atoms with Crippen molar-refractivity contribution in [3.63, 3.8) is 0 Å². The van der Waals surface area contributed by atoms with E-state index in [1.807, 2.05) is 0 Å². The summed E-state index contributed by atoms with van der Waals surface area (Å²) in [5.74, 6) is -3.78. The molecule has 0 aliphatic rings. The number of para-hydroxylation sites is 1. The summed E-state index contributed by atoms with van der Waals surface area (Å²) in [4.78, 5) is 37.3. The second kappa shape index (κ2) is 11.1. The third-order valence-electron chi connectivity index (χ3n) is 5.16. The van der Waals surface area contributed by atoms with Crippen LogP contribution in [0, 0.1) is 0 Å². The van der Waals surface area contributed by atoms with E-state index in [2.05, 4.69) is 5.32 Å². The fraction of sp³-hybridized carbons (Fsp3) is 0.148. The summed E-state index contributed by atoms with van der Waals surface area (Å²) >= 11 is 0. The highest BCUT2D eigenvalue weighted by atomic mass is 19.4. The number of halogens is 3. The van der Waals surface area contributed by atoms with Gasteiger partial charge in [-0.25, -0.2) is 9.59 Å². The van der Waals surface area contributed by atoms with Crippen LogP contribution in [0.2, 0.25) is 0 Å². The number of benzene rings is 3. The maximum absolute atomic E-state index is 13.7. The Labute approximate surface area is 213 Å². The van der Waals surface area contributed by atoms with Crippen molar-refractivity contribution in [2.45, 2.75) is 25.7 Å². The SMILES string of the molecule is CC(NC(=O)OCc1ccccc1)C(=O)Oc1ccc2c(=O)c(Oc3ccccc3)c(C(F)(F)F)oc2c1. The molecule has 8 nitrogen and oxygen atoms in total. The molecule has 4 aromatic rings. The summed E-state index contributed by atoms with van der Waals surface area (Å²) in [7, 11) is 0. The molecule has 0 aliphatic heterocycles. The number of rotatable bonds is 7. The number of carbonyl (C=O) groups is 2. The fourth-order valence-corrected chi connectivity index (χ4v) is 3.31. The van der Waals surface area contributed by atoms with Crippen LogP contribution >= 0.6 is 0 Å². The molecule has 1 aromatic heterocycles. The molecular weight excluding hydrogens is 507 g/mol. The normalized spacial score (nSPS) is 12.0. The number of carbonyl (C=O) groups excluding carboxylic acids is 2. The van der Waals surface area contributed by atoms with Crippen molar-refractivity contribution in [3.8, 4) is 17.2 Å². The van der Waals surface area contributed by atoms with Gasteiger partial charge in [0, 0.05) is 6.07 Å². The van der Waals surface area contributed by atoms with Crippen molar-refractivity contribution in [2.75, 3.05) is 0 Å². The Morgan fingerprint density at radius 2 is 1.61 bits per heavy atom. The first kappa shape index (κ1) is 26.3. The van der Waals surface area contributed by atoms with Gasteiger partial charge in [-0.1, -0.05) is 48.5 Å². The Morgan fingerprint density at radius 1 is 0.947 bits per heavy atom. The largest absolute Gasteiger partial charge is 0.453 e. The molecule has 4 rings (SSSR count). The van der Waals surface area contributed by atoms with E-state index in [-0.39, 0.29) is 23.5 Å². The third kappa shape index (κ3) is 6.30. The minimum Gasteiger partial charge on any atom is -0.449 e. The predicted molar refractivity (Wildman–Crippen MR) is 129 cm³/mol. The van der Waals surface area contributed by atoms with Crippen LogP contribution in [0.15, 0.2) is 88.1 Å². The van der Waals surface area contributed by atoms with Crippen molar-refractivity contribution in [3.05, 3.63) is 100 Å². The topological polar surface area (TPSA) is 104 Å². The van der Waals surface area contributed by atoms with Gasteiger partial charge in [0.25, 0.3) is 5.76 Å². The molecule has 196 valence electrons. The van der Waals surface area contributed by atoms with Crippen LogP contribution in [0.3, 0.4) is 0 Å². The molecular formula is C27H20F3NO7. The summed E-state index contributed by atoms with van der Waals surface area (Å²) in [6.07, 6.45) is -5.92. The minimum absolute atomic E-state index is 0.0129. The number of hydrogen-bond acceptors (Lipinski definition) is 7. The van der Waals surface area contributed by atoms with E-state index >= 15 is 0 Å². The first-order valence-corrected chi connectivity index (χ1v) is 11.2. The fourth-order valence-electron chi connectivity index (χ4n) is 3.31. The first-order chi connectivity index (χ1) is 18.1. The standard InChI is InChI=1S/C27H20F3NO7/c1-16(31-26(34)35-15-17-8-4-2-5-9-17)25(33)37-19-12-13-20-21(14-19)38-24(27(28,29)30)23(22(20)32)36-18-10-6-3-7-11-18/h2-14,16H,15H2,1H3,(H,31,34). The summed E-state index contributed by atoms with van der Waals surface area (Å²) in [5, 5.41) is 2.08. The molecule has 0 saturated heterocycles. The minimum atomic E-state index is -5.05. The summed E-state index contributed by atoms with van der Waals surface area (Å²) in [6, 6.07) is 18.5. The van der Waals surface area contributed by atoms with E-state index in [9.17, 15) is 27.6 Å². The lowest BCUT2D eigenvalue weighted by Crippen LogP contribution is -2.41. The monoisotopic (exact) mass is 527 g/mol. The Hall–Kier alpha value is -4.80. The molecule has 0 bridgehead atoms. The number of nitrogens with one attached hydrogen (secondary N) is 1. The molecule has 1 unspecified atom stereocenters. The highest BCUT2D eigenvalue weighted by Crippen LogP contribution is 2.38. The van der Waals surface area contributed by atoms with Crippen molar-refractivity contribution in [1.29, 1.82) is 0 Å². The van der Waals surface area contributed by atoms with E-state index in [1.54, 1.807) is 36.4 Å². The molecule has 1 amide bonds. The van der Waals surface area contributed by atoms with E-state index in [0.29, 0.717) is 0 Å². The van der Waals surface area contributed by atoms with Crippen molar-refractivity contribution >= 4 is 23.0 Å². The second-order valence-corrected chi connectivity index (χ2v) is 8.01. The van der Waals surface area contributed by atoms with Gasteiger partial charge in [-0.05, 0) is 36.8 Å². The van der Waals surface area contributed by atoms with Gasteiger partial charge < -0.3 is 23.9 Å². The Balaban J connectivity index is 1.50. The maximum atomic E-state index is 13.7. The second-order valence-electron chi connectivity index (χ2n) is 8.01. The van der Waals surface area contributed by atoms with Gasteiger partial charge in [-0.3, -0.25) is 4.79 Å². The van der Waals surface area contributed by atoms with E-state index in [1.165, 1.54) is 37.3 Å². The van der Waals surface area contributed by atoms with Crippen LogP contribution in [0.25, 0.3) is 11.0 Å². The molecule has 38 heavy (non-hydrogen) atoms. The van der Waals surface area contributed by atoms with Gasteiger partial charge >= 0.3 is 18.2 Å². The van der Waals surface area contributed by atoms with Crippen LogP contribution in [0.5, 0.6) is 17.2 Å². The van der Waals surface area contributed by atoms with E-state index in [0.717, 1.165) is 17.7 Å². The molecule has 1 N–H and O–H groups in total. The summed E-state index contributed by atoms with van der Waals surface area (Å²) < 4.78 is 61.6. The van der Waals surface area contributed by atoms with Crippen LogP contribution in [0.4, 0.5) is 18.0 Å². The number of alkyl carbamates (subject to hydrolysis) is 1. The lowest BCUT2D eigenvalue weighted by molar-refractivity contribution is -0.154. The van der Waals surface area contributed by atoms with Gasteiger partial charge in [0.2, 0.25) is 11.2 Å². The lowest BCUT2D eigenvalue weighted by atomic mass is 10.2. The number of amides is 1. The molecule has 0 spiro atoms. The number of ether oxygens (including phenoxy) is 3. The number of hydrogen-bond donors (Lipinski definition) is 1. The predicted octanol–water partition coefficient (Wildman–Crippen LogP) is 5.82. The van der Waals surface area contributed by atoms with Crippen LogP contribution in [-0.2, 0) is 22.3 Å². The first-order valence-electron chi connectivity index (χ1n) is 11.2. The lowest BCUT2D eigenvalue weighted by Gasteiger charge is -2.15. The molecule has 11 heteroatoms. The smallest absolute Gasteiger partial charge is 0.449 e. The highest BCUT2D eigenvalue weighted by molar-refractivity contribution is 5.84. The van der Waals surface area contributed by atoms with Gasteiger partial charge in [-0.15, -0.1) is 0 Å². The van der Waals surface area contributed by atoms with Crippen molar-refractivity contribution < 1.29 is 41.4 Å². The third-order valence-corrected chi connectivity index (χ3v) is 5.16. The van der Waals surface area contributed by atoms with Gasteiger partial charge in [-0.2, -0.15) is 13.2 Å². The van der Waals surface area contributed by atoms with Crippen LogP contribution in [0.1, 0.15) is 18.2 Å². The highest BCUT2D eigenvalue weighted by Gasteiger charge is 2.40. The Kier molecular flexibility index (Phi) is 7.66. The molecule has 0 aliphatic carbocycles. The molecule has 0 saturated carbocycles. The van der Waals surface area contributed by atoms with Crippen molar-refractivity contribution in [2.24, 2.45) is 0 Å². The molecule has 0 fully saturated rings. The number of alkyl halides is 3. The summed E-state index contributed by atoms with van der Waals surface area (Å²) in [6.45, 7) is 1.32. The van der Waals surface area contributed by atoms with Gasteiger partial charge in [0.05, 0.1) is 5.39 Å². The van der Waals surface area contributed by atoms with Crippen LogP contribution in [-0.4, -0.2) is 18.1 Å². The van der Waals surface area contributed by atoms with E-state index < -0.39 is 46.8 Å². The number of esters is 1. The Morgan fingerprint density at radius 3 is 2.26 bits per heavy atom. The van der Waals surface area contributed by atoms with Gasteiger partial charge in [0.15, 0.2) is 0 Å². The zero-order valence-electron chi connectivity index (χ0n) is 19.8. The molecule has 3 aromatic carbocycles. The maximum Gasteiger partial charge on any atom is 0.453 e. The van der Waals surface area contributed by atoms with Gasteiger partial charge in [0.1, 0.15) is 29.7 Å². The van der Waals surface area contributed by atoms with Crippen LogP contribution < -0.4 is 20.2 Å². The number of fused-ring (bicyclic) bond motifs is 1. The average Bonchev–Trinajstić information content (AvgIpc) is 2.89. The summed E-state index contributed by atoms with van der Waals surface area (Å²) in [5.41, 5.74) is -0.793.